The van der Waals surface area contributed by atoms with Gasteiger partial charge in [0.05, 0.1) is 0 Å². The van der Waals surface area contributed by atoms with E-state index in [0.717, 1.165) is 15.6 Å². The highest BCUT2D eigenvalue weighted by Crippen LogP contribution is 2.24. The molecule has 0 aliphatic rings. The van der Waals surface area contributed by atoms with Gasteiger partial charge in [0.2, 0.25) is 0 Å². The van der Waals surface area contributed by atoms with Crippen molar-refractivity contribution < 1.29 is 9.21 Å². The maximum absolute atomic E-state index is 12.3. The van der Waals surface area contributed by atoms with Gasteiger partial charge in [0.25, 0.3) is 5.91 Å². The van der Waals surface area contributed by atoms with Crippen molar-refractivity contribution in [2.24, 2.45) is 0 Å². The molecule has 0 atom stereocenters. The van der Waals surface area contributed by atoms with E-state index in [2.05, 4.69) is 21.2 Å². The molecule has 2 aromatic carbocycles. The summed E-state index contributed by atoms with van der Waals surface area (Å²) in [6, 6.07) is 16.3. The minimum atomic E-state index is -0.571. The van der Waals surface area contributed by atoms with E-state index in [4.69, 9.17) is 4.42 Å². The largest absolute Gasteiger partial charge is 0.421 e. The summed E-state index contributed by atoms with van der Waals surface area (Å²) in [4.78, 5) is 24.7. The van der Waals surface area contributed by atoms with Crippen molar-refractivity contribution >= 4 is 27.5 Å². The molecule has 0 saturated heterocycles. The number of halogens is 1. The van der Waals surface area contributed by atoms with E-state index >= 15 is 0 Å². The second-order valence-electron chi connectivity index (χ2n) is 5.78. The van der Waals surface area contributed by atoms with Crippen LogP contribution in [-0.2, 0) is 0 Å². The minimum Gasteiger partial charge on any atom is -0.421 e. The van der Waals surface area contributed by atoms with Crippen molar-refractivity contribution in [3.8, 4) is 11.3 Å². The van der Waals surface area contributed by atoms with E-state index < -0.39 is 5.63 Å². The molecule has 0 radical (unpaired) electrons. The molecule has 3 aromatic rings. The summed E-state index contributed by atoms with van der Waals surface area (Å²) in [5.41, 5.74) is 2.58. The summed E-state index contributed by atoms with van der Waals surface area (Å²) in [7, 11) is 0. The third-order valence-electron chi connectivity index (χ3n) is 3.83. The van der Waals surface area contributed by atoms with Gasteiger partial charge in [-0.2, -0.15) is 0 Å². The summed E-state index contributed by atoms with van der Waals surface area (Å²) in [5.74, 6) is 0.120. The minimum absolute atomic E-state index is 0.159. The van der Waals surface area contributed by atoms with Gasteiger partial charge in [-0.1, -0.05) is 45.8 Å². The second kappa shape index (κ2) is 7.07. The zero-order chi connectivity index (χ0) is 18.0. The van der Waals surface area contributed by atoms with Crippen LogP contribution in [-0.4, -0.2) is 5.91 Å². The number of aryl methyl sites for hydroxylation is 2. The van der Waals surface area contributed by atoms with Crippen molar-refractivity contribution in [3.05, 3.63) is 86.2 Å². The van der Waals surface area contributed by atoms with Gasteiger partial charge in [-0.25, -0.2) is 4.79 Å². The van der Waals surface area contributed by atoms with E-state index in [1.165, 1.54) is 0 Å². The highest BCUT2D eigenvalue weighted by Gasteiger charge is 2.14. The monoisotopic (exact) mass is 397 g/mol. The normalized spacial score (nSPS) is 10.5. The number of benzene rings is 2. The quantitative estimate of drug-likeness (QED) is 0.680. The average molecular weight is 398 g/mol. The van der Waals surface area contributed by atoms with E-state index in [9.17, 15) is 9.59 Å². The highest BCUT2D eigenvalue weighted by atomic mass is 79.9. The number of carbonyl (C=O) groups excluding carboxylic acids is 1. The summed E-state index contributed by atoms with van der Waals surface area (Å²) in [6.45, 7) is 3.71. The molecule has 0 aliphatic carbocycles. The fraction of sp³-hybridized carbons (Fsp3) is 0.100. The molecule has 0 bridgehead atoms. The summed E-state index contributed by atoms with van der Waals surface area (Å²) >= 11 is 3.37. The number of hydrogen-bond acceptors (Lipinski definition) is 3. The van der Waals surface area contributed by atoms with Crippen LogP contribution in [0.15, 0.2) is 68.3 Å². The van der Waals surface area contributed by atoms with Gasteiger partial charge in [-0.05, 0) is 49.7 Å². The molecule has 1 amide bonds. The Morgan fingerprint density at radius 2 is 1.64 bits per heavy atom. The lowest BCUT2D eigenvalue weighted by molar-refractivity contribution is 0.102. The number of anilines is 1. The lowest BCUT2D eigenvalue weighted by Crippen LogP contribution is -2.19. The Labute approximate surface area is 153 Å². The van der Waals surface area contributed by atoms with Gasteiger partial charge in [0.1, 0.15) is 11.4 Å². The first-order valence-corrected chi connectivity index (χ1v) is 8.52. The molecular weight excluding hydrogens is 382 g/mol. The van der Waals surface area contributed by atoms with Crippen LogP contribution in [0.3, 0.4) is 0 Å². The Kier molecular flexibility index (Phi) is 4.86. The molecule has 1 heterocycles. The zero-order valence-corrected chi connectivity index (χ0v) is 15.4. The molecule has 3 rings (SSSR count). The van der Waals surface area contributed by atoms with Crippen molar-refractivity contribution in [1.29, 1.82) is 0 Å². The Hall–Kier alpha value is -2.66. The molecule has 0 spiro atoms. The molecule has 0 saturated carbocycles. The van der Waals surface area contributed by atoms with Gasteiger partial charge in [0, 0.05) is 15.6 Å². The van der Waals surface area contributed by atoms with Gasteiger partial charge in [-0.15, -0.1) is 0 Å². The molecule has 0 aliphatic heterocycles. The Morgan fingerprint density at radius 3 is 2.24 bits per heavy atom. The predicted molar refractivity (Wildman–Crippen MR) is 102 cm³/mol. The number of amides is 1. The van der Waals surface area contributed by atoms with Crippen molar-refractivity contribution in [2.75, 3.05) is 5.32 Å². The van der Waals surface area contributed by atoms with Crippen LogP contribution in [0.5, 0.6) is 0 Å². The number of rotatable bonds is 3. The van der Waals surface area contributed by atoms with Crippen LogP contribution in [0.4, 0.5) is 5.69 Å². The van der Waals surface area contributed by atoms with Crippen LogP contribution < -0.4 is 10.9 Å². The summed E-state index contributed by atoms with van der Waals surface area (Å²) in [6.07, 6.45) is 0. The first-order chi connectivity index (χ1) is 11.9. The fourth-order valence-corrected chi connectivity index (χ4v) is 2.67. The molecule has 0 unspecified atom stereocenters. The fourth-order valence-electron chi connectivity index (χ4n) is 2.41. The first kappa shape index (κ1) is 17.2. The molecule has 1 aromatic heterocycles. The third kappa shape index (κ3) is 3.88. The van der Waals surface area contributed by atoms with E-state index in [-0.39, 0.29) is 11.6 Å². The summed E-state index contributed by atoms with van der Waals surface area (Å²) in [5, 5.41) is 2.65. The molecule has 5 heteroatoms. The predicted octanol–water partition coefficient (Wildman–Crippen LogP) is 4.94. The molecule has 1 N–H and O–H groups in total. The number of nitrogens with one attached hydrogen (secondary N) is 1. The second-order valence-corrected chi connectivity index (χ2v) is 6.70. The number of hydrogen-bond donors (Lipinski definition) is 1. The molecule has 126 valence electrons. The molecule has 4 nitrogen and oxygen atoms in total. The van der Waals surface area contributed by atoms with Crippen molar-refractivity contribution in [2.45, 2.75) is 13.8 Å². The van der Waals surface area contributed by atoms with E-state index in [0.29, 0.717) is 16.9 Å². The van der Waals surface area contributed by atoms with Gasteiger partial charge in [-0.3, -0.25) is 4.79 Å². The Bertz CT molecular complexity index is 973. The van der Waals surface area contributed by atoms with Crippen molar-refractivity contribution in [1.82, 2.24) is 0 Å². The van der Waals surface area contributed by atoms with Crippen molar-refractivity contribution in [3.63, 3.8) is 0 Å². The SMILES string of the molecule is Cc1ccc(C(=O)Nc2c(C)cc(-c3ccc(Br)cc3)oc2=O)cc1. The highest BCUT2D eigenvalue weighted by molar-refractivity contribution is 9.10. The van der Waals surface area contributed by atoms with Crippen LogP contribution in [0.1, 0.15) is 21.5 Å². The van der Waals surface area contributed by atoms with E-state index in [1.807, 2.05) is 43.3 Å². The zero-order valence-electron chi connectivity index (χ0n) is 13.8. The van der Waals surface area contributed by atoms with Crippen LogP contribution in [0.2, 0.25) is 0 Å². The Morgan fingerprint density at radius 1 is 1.00 bits per heavy atom. The number of carbonyl (C=O) groups is 1. The first-order valence-electron chi connectivity index (χ1n) is 7.73. The van der Waals surface area contributed by atoms with Crippen LogP contribution >= 0.6 is 15.9 Å². The third-order valence-corrected chi connectivity index (χ3v) is 4.36. The maximum atomic E-state index is 12.3. The Balaban J connectivity index is 1.90. The molecular formula is C20H16BrNO3. The topological polar surface area (TPSA) is 59.3 Å². The average Bonchev–Trinajstić information content (AvgIpc) is 2.59. The standard InChI is InChI=1S/C20H16BrNO3/c1-12-3-5-15(6-4-12)19(23)22-18-13(2)11-17(25-20(18)24)14-7-9-16(21)10-8-14/h3-11H,1-2H3,(H,22,23). The van der Waals surface area contributed by atoms with Crippen LogP contribution in [0, 0.1) is 13.8 Å². The summed E-state index contributed by atoms with van der Waals surface area (Å²) < 4.78 is 6.33. The van der Waals surface area contributed by atoms with Crippen LogP contribution in [0.25, 0.3) is 11.3 Å². The maximum Gasteiger partial charge on any atom is 0.360 e. The lowest BCUT2D eigenvalue weighted by Gasteiger charge is -2.09. The van der Waals surface area contributed by atoms with Gasteiger partial charge >= 0.3 is 5.63 Å². The molecule has 25 heavy (non-hydrogen) atoms. The smallest absolute Gasteiger partial charge is 0.360 e. The molecule has 0 fully saturated rings. The van der Waals surface area contributed by atoms with E-state index in [1.54, 1.807) is 25.1 Å². The van der Waals surface area contributed by atoms with Gasteiger partial charge < -0.3 is 9.73 Å². The lowest BCUT2D eigenvalue weighted by atomic mass is 10.1. The van der Waals surface area contributed by atoms with Gasteiger partial charge in [0.15, 0.2) is 0 Å².